The third-order valence-corrected chi connectivity index (χ3v) is 10.3. The smallest absolute Gasteiger partial charge is 0.327 e. The van der Waals surface area contributed by atoms with Crippen LogP contribution in [0.15, 0.2) is 83.8 Å². The van der Waals surface area contributed by atoms with Crippen LogP contribution in [0.2, 0.25) is 0 Å². The number of benzene rings is 3. The molecular weight excluding hydrogens is 550 g/mol. The van der Waals surface area contributed by atoms with Gasteiger partial charge in [0.05, 0.1) is 16.2 Å². The number of β-lactam (4-membered cyclic amide) rings is 1. The van der Waals surface area contributed by atoms with E-state index in [2.05, 4.69) is 5.32 Å². The second kappa shape index (κ2) is 10.6. The van der Waals surface area contributed by atoms with Crippen LogP contribution in [0.4, 0.5) is 5.69 Å². The fourth-order valence-corrected chi connectivity index (χ4v) is 8.45. The summed E-state index contributed by atoms with van der Waals surface area (Å²) in [7, 11) is 0. The number of aliphatic carboxylic acids is 1. The number of carbonyl (C=O) groups excluding carboxylic acids is 2. The minimum Gasteiger partial charge on any atom is -0.480 e. The van der Waals surface area contributed by atoms with Crippen LogP contribution in [0.25, 0.3) is 0 Å². The molecule has 11 heteroatoms. The first-order valence-electron chi connectivity index (χ1n) is 12.6. The first kappa shape index (κ1) is 27.7. The van der Waals surface area contributed by atoms with E-state index in [0.717, 1.165) is 28.5 Å². The van der Waals surface area contributed by atoms with E-state index in [4.69, 9.17) is 0 Å². The lowest BCUT2D eigenvalue weighted by Crippen LogP contribution is -2.78. The number of hydrogen-bond acceptors (Lipinski definition) is 7. The van der Waals surface area contributed by atoms with E-state index in [-0.39, 0.29) is 17.0 Å². The maximum atomic E-state index is 13.8. The molecule has 40 heavy (non-hydrogen) atoms. The summed E-state index contributed by atoms with van der Waals surface area (Å²) in [6.45, 7) is 3.48. The van der Waals surface area contributed by atoms with Gasteiger partial charge in [0.15, 0.2) is 0 Å². The number of nitrogens with one attached hydrogen (secondary N) is 1. The van der Waals surface area contributed by atoms with Crippen molar-refractivity contribution in [3.63, 3.8) is 0 Å². The summed E-state index contributed by atoms with van der Waals surface area (Å²) < 4.78 is -0.843. The predicted octanol–water partition coefficient (Wildman–Crippen LogP) is 4.48. The van der Waals surface area contributed by atoms with Gasteiger partial charge in [0.2, 0.25) is 10.8 Å². The second-order valence-electron chi connectivity index (χ2n) is 10.2. The van der Waals surface area contributed by atoms with Crippen LogP contribution in [-0.2, 0) is 27.2 Å². The van der Waals surface area contributed by atoms with Gasteiger partial charge in [-0.05, 0) is 43.0 Å². The van der Waals surface area contributed by atoms with E-state index in [1.807, 2.05) is 54.6 Å². The zero-order valence-corrected chi connectivity index (χ0v) is 23.4. The molecule has 2 heterocycles. The maximum Gasteiger partial charge on any atom is 0.327 e. The van der Waals surface area contributed by atoms with Gasteiger partial charge in [-0.25, -0.2) is 4.79 Å². The Balaban J connectivity index is 1.47. The first-order valence-corrected chi connectivity index (χ1v) is 14.3. The Hall–Kier alpha value is -3.83. The van der Waals surface area contributed by atoms with Crippen LogP contribution < -0.4 is 5.32 Å². The molecule has 2 amide bonds. The standard InChI is InChI=1S/C29H27N3O6S2/c1-28(2)24(25(34)35)31-26(36)29(27(31)40-28,39-22-15-9-8-14-21(22)32(37)38)30-23(33)17-20-13-7-6-12-19(20)16-18-10-4-3-5-11-18/h3-15,24,27H,16-17H2,1-2H3,(H,30,33)(H,34,35)/t24-,27+,29?/m0/s1. The van der Waals surface area contributed by atoms with E-state index >= 15 is 0 Å². The first-order chi connectivity index (χ1) is 19.0. The Labute approximate surface area is 239 Å². The zero-order chi connectivity index (χ0) is 28.7. The van der Waals surface area contributed by atoms with Crippen molar-refractivity contribution in [1.29, 1.82) is 0 Å². The predicted molar refractivity (Wildman–Crippen MR) is 153 cm³/mol. The van der Waals surface area contributed by atoms with Crippen LogP contribution in [0.5, 0.6) is 0 Å². The molecule has 1 unspecified atom stereocenters. The third-order valence-electron chi connectivity index (χ3n) is 7.10. The topological polar surface area (TPSA) is 130 Å². The zero-order valence-electron chi connectivity index (χ0n) is 21.8. The van der Waals surface area contributed by atoms with Gasteiger partial charge in [0.1, 0.15) is 11.4 Å². The van der Waals surface area contributed by atoms with E-state index in [9.17, 15) is 29.6 Å². The molecule has 3 aromatic rings. The quantitative estimate of drug-likeness (QED) is 0.165. The number of amides is 2. The highest BCUT2D eigenvalue weighted by Crippen LogP contribution is 2.60. The fraction of sp³-hybridized carbons (Fsp3) is 0.276. The number of nitro groups is 1. The Morgan fingerprint density at radius 3 is 2.33 bits per heavy atom. The van der Waals surface area contributed by atoms with Crippen molar-refractivity contribution in [2.45, 2.75) is 52.6 Å². The van der Waals surface area contributed by atoms with Gasteiger partial charge in [-0.2, -0.15) is 0 Å². The van der Waals surface area contributed by atoms with Gasteiger partial charge >= 0.3 is 5.97 Å². The molecule has 0 saturated carbocycles. The van der Waals surface area contributed by atoms with E-state index in [1.54, 1.807) is 19.9 Å². The minimum absolute atomic E-state index is 0.0153. The number of para-hydroxylation sites is 1. The number of fused-ring (bicyclic) bond motifs is 1. The summed E-state index contributed by atoms with van der Waals surface area (Å²) in [5, 5.41) is 23.8. The van der Waals surface area contributed by atoms with Crippen LogP contribution in [0.3, 0.4) is 0 Å². The molecule has 0 aliphatic carbocycles. The molecule has 0 aromatic heterocycles. The Kier molecular flexibility index (Phi) is 7.36. The van der Waals surface area contributed by atoms with Gasteiger partial charge in [0, 0.05) is 10.8 Å². The lowest BCUT2D eigenvalue weighted by molar-refractivity contribution is -0.387. The Bertz CT molecular complexity index is 1500. The molecule has 0 bridgehead atoms. The molecule has 3 atom stereocenters. The summed E-state index contributed by atoms with van der Waals surface area (Å²) in [6, 6.07) is 22.3. The van der Waals surface area contributed by atoms with Gasteiger partial charge in [-0.1, -0.05) is 78.5 Å². The molecule has 5 rings (SSSR count). The summed E-state index contributed by atoms with van der Waals surface area (Å²) in [6.07, 6.45) is 0.610. The molecule has 2 N–H and O–H groups in total. The van der Waals surface area contributed by atoms with Crippen molar-refractivity contribution >= 4 is 47.0 Å². The van der Waals surface area contributed by atoms with Gasteiger partial charge in [-0.15, -0.1) is 11.8 Å². The number of nitrogens with zero attached hydrogens (tertiary/aromatic N) is 2. The minimum atomic E-state index is -1.61. The molecule has 2 fully saturated rings. The number of hydrogen-bond donors (Lipinski definition) is 2. The van der Waals surface area contributed by atoms with Crippen molar-refractivity contribution in [3.05, 3.63) is 106 Å². The highest BCUT2D eigenvalue weighted by atomic mass is 32.2. The number of rotatable bonds is 9. The Morgan fingerprint density at radius 2 is 1.65 bits per heavy atom. The van der Waals surface area contributed by atoms with Crippen LogP contribution in [-0.4, -0.2) is 53.7 Å². The second-order valence-corrected chi connectivity index (χ2v) is 13.3. The molecule has 0 radical (unpaired) electrons. The summed E-state index contributed by atoms with van der Waals surface area (Å²) in [5.74, 6) is -2.16. The fourth-order valence-electron chi connectivity index (χ4n) is 5.27. The highest BCUT2D eigenvalue weighted by molar-refractivity contribution is 8.06. The lowest BCUT2D eigenvalue weighted by Gasteiger charge is -2.52. The molecular formula is C29H27N3O6S2. The molecule has 0 spiro atoms. The maximum absolute atomic E-state index is 13.8. The van der Waals surface area contributed by atoms with Gasteiger partial charge < -0.3 is 15.3 Å². The monoisotopic (exact) mass is 577 g/mol. The van der Waals surface area contributed by atoms with Crippen molar-refractivity contribution in [2.24, 2.45) is 0 Å². The molecule has 2 saturated heterocycles. The van der Waals surface area contributed by atoms with Gasteiger partial charge in [0.25, 0.3) is 11.6 Å². The average Bonchev–Trinajstić information content (AvgIpc) is 3.19. The number of carboxylic acid groups (broad SMARTS) is 1. The molecule has 9 nitrogen and oxygen atoms in total. The van der Waals surface area contributed by atoms with E-state index < -0.39 is 43.7 Å². The molecule has 3 aromatic carbocycles. The summed E-state index contributed by atoms with van der Waals surface area (Å²) >= 11 is 2.17. The van der Waals surface area contributed by atoms with Crippen LogP contribution >= 0.6 is 23.5 Å². The third kappa shape index (κ3) is 4.95. The Morgan fingerprint density at radius 1 is 1.02 bits per heavy atom. The van der Waals surface area contributed by atoms with Crippen molar-refractivity contribution in [3.8, 4) is 0 Å². The number of thioether (sulfide) groups is 2. The van der Waals surface area contributed by atoms with E-state index in [0.29, 0.717) is 6.42 Å². The molecule has 2 aliphatic heterocycles. The van der Waals surface area contributed by atoms with Crippen LogP contribution in [0.1, 0.15) is 30.5 Å². The normalized spacial score (nSPS) is 22.8. The molecule has 2 aliphatic rings. The number of carboxylic acids is 1. The summed E-state index contributed by atoms with van der Waals surface area (Å²) in [5.41, 5.74) is 2.65. The van der Waals surface area contributed by atoms with E-state index in [1.165, 1.54) is 34.9 Å². The van der Waals surface area contributed by atoms with Crippen molar-refractivity contribution in [1.82, 2.24) is 10.2 Å². The van der Waals surface area contributed by atoms with Crippen LogP contribution in [0, 0.1) is 10.1 Å². The highest BCUT2D eigenvalue weighted by Gasteiger charge is 2.73. The van der Waals surface area contributed by atoms with Crippen molar-refractivity contribution < 1.29 is 24.4 Å². The number of nitro benzene ring substituents is 1. The molecule has 206 valence electrons. The summed E-state index contributed by atoms with van der Waals surface area (Å²) in [4.78, 5) is 50.6. The lowest BCUT2D eigenvalue weighted by atomic mass is 9.95. The largest absolute Gasteiger partial charge is 0.480 e. The number of carbonyl (C=O) groups is 3. The SMILES string of the molecule is CC1(C)S[C@H]2N(C(=O)C2(NC(=O)Cc2ccccc2Cc2ccccc2)Sc2ccccc2[N+](=O)[O-])[C@H]1C(=O)O. The van der Waals surface area contributed by atoms with Crippen molar-refractivity contribution in [2.75, 3.05) is 0 Å². The van der Waals surface area contributed by atoms with Gasteiger partial charge in [-0.3, -0.25) is 19.7 Å². The average molecular weight is 578 g/mol.